The van der Waals surface area contributed by atoms with E-state index in [1.54, 1.807) is 12.2 Å². The van der Waals surface area contributed by atoms with Gasteiger partial charge in [-0.1, -0.05) is 13.8 Å². The molecule has 0 unspecified atom stereocenters. The zero-order valence-corrected chi connectivity index (χ0v) is 20.8. The standard InChI is InChI=1S/C22H34N4O6.H2S/c1-15(2)18(28)21-7-8-25(12-21)19(29)31-9-5-6-10-32-20(30)26-13-22(14-26,24-16(3)4)17(27)11-23-21;/h5-6,15-16,23-24H,7-14H2,1-4H3;1H2/t21-;/m0./s1. The number of rotatable bonds is 4. The number of fused-ring (bicyclic) bond motifs is 8. The Balaban J connectivity index is 0.00000385. The third kappa shape index (κ3) is 5.88. The number of ether oxygens (including phenoxy) is 2. The van der Waals surface area contributed by atoms with Gasteiger partial charge in [-0.3, -0.25) is 20.2 Å². The van der Waals surface area contributed by atoms with Gasteiger partial charge in [-0.15, -0.1) is 0 Å². The molecule has 186 valence electrons. The van der Waals surface area contributed by atoms with Crippen LogP contribution in [0, 0.1) is 5.92 Å². The molecule has 0 aromatic heterocycles. The van der Waals surface area contributed by atoms with E-state index >= 15 is 0 Å². The SMILES string of the molecule is CC(C)NC12CN(C1)C(=O)OCC=CCOC(=O)N1CC[C@@](C(=O)C(C)C)(C1)NCC2=O.S. The fraction of sp³-hybridized carbons (Fsp3) is 0.727. The summed E-state index contributed by atoms with van der Waals surface area (Å²) >= 11 is 0. The Morgan fingerprint density at radius 2 is 1.58 bits per heavy atom. The molecule has 4 rings (SSSR count). The van der Waals surface area contributed by atoms with Crippen molar-refractivity contribution in [3.8, 4) is 0 Å². The van der Waals surface area contributed by atoms with Crippen LogP contribution in [0.5, 0.6) is 0 Å². The van der Waals surface area contributed by atoms with Gasteiger partial charge < -0.3 is 19.3 Å². The minimum Gasteiger partial charge on any atom is -0.445 e. The van der Waals surface area contributed by atoms with Crippen LogP contribution in [-0.4, -0.2) is 96.6 Å². The second-order valence-corrected chi connectivity index (χ2v) is 9.41. The Kier molecular flexibility index (Phi) is 8.94. The number of hydrogen-bond acceptors (Lipinski definition) is 8. The van der Waals surface area contributed by atoms with E-state index in [1.165, 1.54) is 9.80 Å². The Morgan fingerprint density at radius 3 is 2.12 bits per heavy atom. The van der Waals surface area contributed by atoms with E-state index in [0.717, 1.165) is 0 Å². The Hall–Kier alpha value is -2.11. The normalized spacial score (nSPS) is 28.7. The van der Waals surface area contributed by atoms with E-state index in [4.69, 9.17) is 9.47 Å². The van der Waals surface area contributed by atoms with Gasteiger partial charge in [0.15, 0.2) is 11.6 Å². The second kappa shape index (κ2) is 10.9. The summed E-state index contributed by atoms with van der Waals surface area (Å²) in [7, 11) is 0. The van der Waals surface area contributed by atoms with Gasteiger partial charge in [-0.25, -0.2) is 9.59 Å². The summed E-state index contributed by atoms with van der Waals surface area (Å²) in [5.74, 6) is -0.429. The summed E-state index contributed by atoms with van der Waals surface area (Å²) in [4.78, 5) is 54.1. The van der Waals surface area contributed by atoms with Gasteiger partial charge >= 0.3 is 12.2 Å². The van der Waals surface area contributed by atoms with Crippen LogP contribution in [0.3, 0.4) is 0 Å². The molecule has 0 spiro atoms. The van der Waals surface area contributed by atoms with E-state index in [9.17, 15) is 19.2 Å². The first-order valence-electron chi connectivity index (χ1n) is 11.2. The summed E-state index contributed by atoms with van der Waals surface area (Å²) in [6.45, 7) is 8.45. The lowest BCUT2D eigenvalue weighted by molar-refractivity contribution is -0.133. The first-order chi connectivity index (χ1) is 15.1. The van der Waals surface area contributed by atoms with Crippen LogP contribution < -0.4 is 10.6 Å². The van der Waals surface area contributed by atoms with Crippen molar-refractivity contribution in [3.63, 3.8) is 0 Å². The third-order valence-corrected chi connectivity index (χ3v) is 6.16. The van der Waals surface area contributed by atoms with Crippen LogP contribution in [0.4, 0.5) is 9.59 Å². The molecule has 1 atom stereocenters. The van der Waals surface area contributed by atoms with Gasteiger partial charge in [0.05, 0.1) is 25.2 Å². The monoisotopic (exact) mass is 484 g/mol. The van der Waals surface area contributed by atoms with Gasteiger partial charge in [-0.2, -0.15) is 13.5 Å². The molecular formula is C22H36N4O6S. The first-order valence-corrected chi connectivity index (χ1v) is 11.2. The maximum absolute atomic E-state index is 13.3. The van der Waals surface area contributed by atoms with E-state index in [0.29, 0.717) is 13.0 Å². The van der Waals surface area contributed by atoms with Crippen LogP contribution in [0.25, 0.3) is 0 Å². The average molecular weight is 485 g/mol. The van der Waals surface area contributed by atoms with E-state index < -0.39 is 23.3 Å². The molecular weight excluding hydrogens is 448 g/mol. The maximum atomic E-state index is 13.3. The van der Waals surface area contributed by atoms with Crippen LogP contribution in [0.2, 0.25) is 0 Å². The fourth-order valence-corrected chi connectivity index (χ4v) is 4.56. The zero-order valence-electron chi connectivity index (χ0n) is 19.8. The smallest absolute Gasteiger partial charge is 0.410 e. The predicted octanol–water partition coefficient (Wildman–Crippen LogP) is 0.823. The highest BCUT2D eigenvalue weighted by atomic mass is 32.1. The lowest BCUT2D eigenvalue weighted by atomic mass is 9.82. The quantitative estimate of drug-likeness (QED) is 0.564. The average Bonchev–Trinajstić information content (AvgIpc) is 3.15. The molecule has 0 radical (unpaired) electrons. The molecule has 0 aliphatic carbocycles. The molecule has 4 aliphatic heterocycles. The number of carbonyl (C=O) groups excluding carboxylic acids is 4. The first kappa shape index (κ1) is 27.1. The van der Waals surface area contributed by atoms with E-state index in [2.05, 4.69) is 10.6 Å². The van der Waals surface area contributed by atoms with Crippen molar-refractivity contribution in [2.75, 3.05) is 45.9 Å². The number of nitrogens with zero attached hydrogens (tertiary/aromatic N) is 2. The van der Waals surface area contributed by atoms with Crippen molar-refractivity contribution in [2.45, 2.75) is 51.2 Å². The Labute approximate surface area is 201 Å². The molecule has 2 saturated heterocycles. The molecule has 2 N–H and O–H groups in total. The van der Waals surface area contributed by atoms with E-state index in [1.807, 2.05) is 27.7 Å². The minimum atomic E-state index is -1.01. The zero-order chi connectivity index (χ0) is 23.5. The number of amides is 2. The van der Waals surface area contributed by atoms with Gasteiger partial charge in [0.25, 0.3) is 0 Å². The van der Waals surface area contributed by atoms with Gasteiger partial charge in [0, 0.05) is 25.0 Å². The second-order valence-electron chi connectivity index (χ2n) is 9.41. The molecule has 4 heterocycles. The molecule has 10 nitrogen and oxygen atoms in total. The molecule has 2 amide bonds. The molecule has 0 aromatic carbocycles. The highest BCUT2D eigenvalue weighted by Gasteiger charge is 2.53. The predicted molar refractivity (Wildman–Crippen MR) is 127 cm³/mol. The van der Waals surface area contributed by atoms with Crippen molar-refractivity contribution in [3.05, 3.63) is 12.2 Å². The van der Waals surface area contributed by atoms with Crippen molar-refractivity contribution < 1.29 is 28.7 Å². The minimum absolute atomic E-state index is 0. The summed E-state index contributed by atoms with van der Waals surface area (Å²) in [5, 5.41) is 6.50. The Morgan fingerprint density at radius 1 is 1.00 bits per heavy atom. The summed E-state index contributed by atoms with van der Waals surface area (Å²) in [5.41, 5.74) is -1.91. The molecule has 0 aromatic rings. The topological polar surface area (TPSA) is 117 Å². The van der Waals surface area contributed by atoms with Gasteiger partial charge in [-0.05, 0) is 32.4 Å². The van der Waals surface area contributed by atoms with Crippen molar-refractivity contribution in [2.24, 2.45) is 5.92 Å². The van der Waals surface area contributed by atoms with Crippen molar-refractivity contribution in [1.29, 1.82) is 0 Å². The number of nitrogens with one attached hydrogen (secondary N) is 2. The number of ketones is 2. The number of carbonyl (C=O) groups is 4. The van der Waals surface area contributed by atoms with Gasteiger partial charge in [0.2, 0.25) is 0 Å². The van der Waals surface area contributed by atoms with Crippen molar-refractivity contribution in [1.82, 2.24) is 20.4 Å². The van der Waals surface area contributed by atoms with Gasteiger partial charge in [0.1, 0.15) is 18.8 Å². The summed E-state index contributed by atoms with van der Waals surface area (Å²) in [6, 6.07) is 0.0251. The highest BCUT2D eigenvalue weighted by Crippen LogP contribution is 2.28. The Bertz CT molecular complexity index is 796. The van der Waals surface area contributed by atoms with Crippen LogP contribution in [0.15, 0.2) is 12.2 Å². The number of Topliss-reactive ketones (excluding diaryl/α,β-unsaturated/α-hetero) is 2. The lowest BCUT2D eigenvalue weighted by Gasteiger charge is -2.49. The lowest BCUT2D eigenvalue weighted by Crippen LogP contribution is -2.76. The summed E-state index contributed by atoms with van der Waals surface area (Å²) in [6.07, 6.45) is 2.59. The van der Waals surface area contributed by atoms with E-state index in [-0.39, 0.29) is 76.4 Å². The fourth-order valence-electron chi connectivity index (χ4n) is 4.56. The molecule has 33 heavy (non-hydrogen) atoms. The maximum Gasteiger partial charge on any atom is 0.410 e. The highest BCUT2D eigenvalue weighted by molar-refractivity contribution is 7.59. The molecule has 4 bridgehead atoms. The molecule has 11 heteroatoms. The molecule has 4 aliphatic rings. The van der Waals surface area contributed by atoms with Crippen molar-refractivity contribution >= 4 is 37.2 Å². The van der Waals surface area contributed by atoms with Crippen LogP contribution >= 0.6 is 13.5 Å². The summed E-state index contributed by atoms with van der Waals surface area (Å²) < 4.78 is 10.5. The van der Waals surface area contributed by atoms with Crippen LogP contribution in [0.1, 0.15) is 34.1 Å². The molecule has 0 saturated carbocycles. The largest absolute Gasteiger partial charge is 0.445 e. The molecule has 2 fully saturated rings. The number of hydrogen-bond donors (Lipinski definition) is 2. The third-order valence-electron chi connectivity index (χ3n) is 6.16. The van der Waals surface area contributed by atoms with Crippen LogP contribution in [-0.2, 0) is 19.1 Å².